The molecule has 1 N–H and O–H groups in total. The summed E-state index contributed by atoms with van der Waals surface area (Å²) in [5.41, 5.74) is 3.21. The fraction of sp³-hybridized carbons (Fsp3) is 0.440. The van der Waals surface area contributed by atoms with Crippen LogP contribution in [-0.4, -0.2) is 35.9 Å². The second-order valence-corrected chi connectivity index (χ2v) is 8.18. The van der Waals surface area contributed by atoms with Crippen molar-refractivity contribution in [2.24, 2.45) is 5.92 Å². The molecule has 0 aromatic heterocycles. The molecule has 2 rings (SSSR count). The van der Waals surface area contributed by atoms with Gasteiger partial charge in [0.25, 0.3) is 5.91 Å². The zero-order chi connectivity index (χ0) is 22.1. The van der Waals surface area contributed by atoms with Crippen LogP contribution in [0.25, 0.3) is 0 Å². The summed E-state index contributed by atoms with van der Waals surface area (Å²) >= 11 is 0. The van der Waals surface area contributed by atoms with Gasteiger partial charge in [-0.15, -0.1) is 0 Å². The lowest BCUT2D eigenvalue weighted by atomic mass is 10.1. The Morgan fingerprint density at radius 3 is 2.33 bits per heavy atom. The molecule has 5 nitrogen and oxygen atoms in total. The third-order valence-corrected chi connectivity index (χ3v) is 4.90. The molecule has 162 valence electrons. The van der Waals surface area contributed by atoms with Crippen LogP contribution in [0.4, 0.5) is 0 Å². The topological polar surface area (TPSA) is 58.6 Å². The van der Waals surface area contributed by atoms with Gasteiger partial charge in [0.1, 0.15) is 11.8 Å². The molecule has 0 saturated heterocycles. The summed E-state index contributed by atoms with van der Waals surface area (Å²) in [6.45, 7) is 10.9. The van der Waals surface area contributed by atoms with Crippen molar-refractivity contribution in [3.05, 3.63) is 65.2 Å². The normalized spacial score (nSPS) is 11.8. The SMILES string of the molecule is CC[C@H](C(=O)NCC(C)C)N(Cc1ccc(C)cc1)C(=O)COc1cccc(C)c1. The molecule has 2 aromatic rings. The van der Waals surface area contributed by atoms with Gasteiger partial charge in [0.05, 0.1) is 0 Å². The van der Waals surface area contributed by atoms with E-state index in [1.54, 1.807) is 4.90 Å². The minimum absolute atomic E-state index is 0.108. The first-order valence-corrected chi connectivity index (χ1v) is 10.6. The lowest BCUT2D eigenvalue weighted by Crippen LogP contribution is -2.50. The zero-order valence-corrected chi connectivity index (χ0v) is 18.8. The molecule has 2 amide bonds. The standard InChI is InChI=1S/C25H34N2O3/c1-6-23(25(29)26-15-18(2)3)27(16-21-12-10-19(4)11-13-21)24(28)17-30-22-9-7-8-20(5)14-22/h7-14,18,23H,6,15-17H2,1-5H3,(H,26,29)/t23-/m1/s1. The number of nitrogens with one attached hydrogen (secondary N) is 1. The summed E-state index contributed by atoms with van der Waals surface area (Å²) in [5.74, 6) is 0.666. The first-order valence-electron chi connectivity index (χ1n) is 10.6. The van der Waals surface area contributed by atoms with Crippen LogP contribution in [0.5, 0.6) is 5.75 Å². The highest BCUT2D eigenvalue weighted by molar-refractivity contribution is 5.88. The summed E-state index contributed by atoms with van der Waals surface area (Å²) in [6, 6.07) is 15.1. The van der Waals surface area contributed by atoms with Crippen molar-refractivity contribution in [3.8, 4) is 5.75 Å². The quantitative estimate of drug-likeness (QED) is 0.637. The molecule has 0 aliphatic rings. The number of hydrogen-bond donors (Lipinski definition) is 1. The largest absolute Gasteiger partial charge is 0.484 e. The van der Waals surface area contributed by atoms with Gasteiger partial charge in [-0.25, -0.2) is 0 Å². The molecule has 0 radical (unpaired) electrons. The number of nitrogens with zero attached hydrogens (tertiary/aromatic N) is 1. The third kappa shape index (κ3) is 7.21. The average Bonchev–Trinajstić information content (AvgIpc) is 2.71. The minimum Gasteiger partial charge on any atom is -0.484 e. The Morgan fingerprint density at radius 2 is 1.73 bits per heavy atom. The molecule has 0 fully saturated rings. The zero-order valence-electron chi connectivity index (χ0n) is 18.8. The van der Waals surface area contributed by atoms with E-state index < -0.39 is 6.04 Å². The van der Waals surface area contributed by atoms with E-state index in [2.05, 4.69) is 5.32 Å². The summed E-state index contributed by atoms with van der Waals surface area (Å²) in [7, 11) is 0. The van der Waals surface area contributed by atoms with Gasteiger partial charge in [-0.2, -0.15) is 0 Å². The second kappa shape index (κ2) is 11.4. The number of amides is 2. The smallest absolute Gasteiger partial charge is 0.261 e. The van der Waals surface area contributed by atoms with Crippen LogP contribution in [-0.2, 0) is 16.1 Å². The molecular weight excluding hydrogens is 376 g/mol. The molecule has 0 unspecified atom stereocenters. The van der Waals surface area contributed by atoms with Crippen molar-refractivity contribution in [2.45, 2.75) is 53.6 Å². The molecule has 1 atom stereocenters. The second-order valence-electron chi connectivity index (χ2n) is 8.18. The number of rotatable bonds is 10. The Bertz CT molecular complexity index is 831. The van der Waals surface area contributed by atoms with Gasteiger partial charge >= 0.3 is 0 Å². The molecular formula is C25H34N2O3. The first-order chi connectivity index (χ1) is 14.3. The first kappa shape index (κ1) is 23.5. The predicted octanol–water partition coefficient (Wildman–Crippen LogP) is 4.26. The van der Waals surface area contributed by atoms with Crippen molar-refractivity contribution in [1.82, 2.24) is 10.2 Å². The number of benzene rings is 2. The number of hydrogen-bond acceptors (Lipinski definition) is 3. The fourth-order valence-corrected chi connectivity index (χ4v) is 3.17. The molecule has 5 heteroatoms. The van der Waals surface area contributed by atoms with Crippen molar-refractivity contribution >= 4 is 11.8 Å². The Balaban J connectivity index is 2.18. The van der Waals surface area contributed by atoms with E-state index in [9.17, 15) is 9.59 Å². The van der Waals surface area contributed by atoms with E-state index in [4.69, 9.17) is 4.74 Å². The summed E-state index contributed by atoms with van der Waals surface area (Å²) in [4.78, 5) is 27.6. The monoisotopic (exact) mass is 410 g/mol. The van der Waals surface area contributed by atoms with Crippen LogP contribution in [0.1, 0.15) is 43.9 Å². The minimum atomic E-state index is -0.543. The summed E-state index contributed by atoms with van der Waals surface area (Å²) in [5, 5.41) is 2.97. The maximum Gasteiger partial charge on any atom is 0.261 e. The lowest BCUT2D eigenvalue weighted by Gasteiger charge is -2.31. The van der Waals surface area contributed by atoms with E-state index in [-0.39, 0.29) is 18.4 Å². The summed E-state index contributed by atoms with van der Waals surface area (Å²) < 4.78 is 5.74. The number of carbonyl (C=O) groups is 2. The maximum absolute atomic E-state index is 13.1. The Hall–Kier alpha value is -2.82. The van der Waals surface area contributed by atoms with Crippen molar-refractivity contribution in [2.75, 3.05) is 13.2 Å². The number of ether oxygens (including phenoxy) is 1. The van der Waals surface area contributed by atoms with Crippen molar-refractivity contribution in [1.29, 1.82) is 0 Å². The van der Waals surface area contributed by atoms with Crippen LogP contribution in [0.15, 0.2) is 48.5 Å². The highest BCUT2D eigenvalue weighted by Crippen LogP contribution is 2.16. The van der Waals surface area contributed by atoms with Crippen LogP contribution >= 0.6 is 0 Å². The Kier molecular flexibility index (Phi) is 8.90. The van der Waals surface area contributed by atoms with Gasteiger partial charge in [-0.05, 0) is 49.4 Å². The van der Waals surface area contributed by atoms with E-state index in [1.807, 2.05) is 83.1 Å². The van der Waals surface area contributed by atoms with Gasteiger partial charge in [-0.3, -0.25) is 9.59 Å². The average molecular weight is 411 g/mol. The molecule has 0 aliphatic carbocycles. The maximum atomic E-state index is 13.1. The predicted molar refractivity (Wildman–Crippen MR) is 120 cm³/mol. The van der Waals surface area contributed by atoms with Crippen LogP contribution < -0.4 is 10.1 Å². The van der Waals surface area contributed by atoms with E-state index >= 15 is 0 Å². The van der Waals surface area contributed by atoms with E-state index in [0.29, 0.717) is 31.2 Å². The van der Waals surface area contributed by atoms with Gasteiger partial charge in [0.15, 0.2) is 6.61 Å². The van der Waals surface area contributed by atoms with Gasteiger partial charge < -0.3 is 15.0 Å². The highest BCUT2D eigenvalue weighted by Gasteiger charge is 2.29. The number of aryl methyl sites for hydroxylation is 2. The van der Waals surface area contributed by atoms with Gasteiger partial charge in [0.2, 0.25) is 5.91 Å². The van der Waals surface area contributed by atoms with Crippen molar-refractivity contribution < 1.29 is 14.3 Å². The van der Waals surface area contributed by atoms with Gasteiger partial charge in [-0.1, -0.05) is 62.7 Å². The Morgan fingerprint density at radius 1 is 1.03 bits per heavy atom. The van der Waals surface area contributed by atoms with Crippen LogP contribution in [0, 0.1) is 19.8 Å². The van der Waals surface area contributed by atoms with Crippen molar-refractivity contribution in [3.63, 3.8) is 0 Å². The third-order valence-electron chi connectivity index (χ3n) is 4.90. The molecule has 0 spiro atoms. The highest BCUT2D eigenvalue weighted by atomic mass is 16.5. The molecule has 0 bridgehead atoms. The molecule has 30 heavy (non-hydrogen) atoms. The van der Waals surface area contributed by atoms with Crippen LogP contribution in [0.3, 0.4) is 0 Å². The number of carbonyl (C=O) groups excluding carboxylic acids is 2. The fourth-order valence-electron chi connectivity index (χ4n) is 3.17. The molecule has 0 aliphatic heterocycles. The summed E-state index contributed by atoms with van der Waals surface area (Å²) in [6.07, 6.45) is 0.534. The lowest BCUT2D eigenvalue weighted by molar-refractivity contribution is -0.143. The molecule has 0 saturated carbocycles. The van der Waals surface area contributed by atoms with E-state index in [1.165, 1.54) is 0 Å². The van der Waals surface area contributed by atoms with Gasteiger partial charge in [0, 0.05) is 13.1 Å². The Labute approximate surface area is 180 Å². The van der Waals surface area contributed by atoms with Crippen LogP contribution in [0.2, 0.25) is 0 Å². The molecule has 0 heterocycles. The molecule has 2 aromatic carbocycles. The van der Waals surface area contributed by atoms with E-state index in [0.717, 1.165) is 16.7 Å².